The number of nitrogens with zero attached hydrogens (tertiary/aromatic N) is 5. The SMILES string of the molecule is CC(C)(C)[C@@](COc1ccccc1)(Oc1ccccc1)C(=O)N1N=C(c2cc(F)ccc2F)S[C@@]1(CCCN=[N+]=[N-])c1ccccc1. The van der Waals surface area contributed by atoms with Gasteiger partial charge >= 0.3 is 0 Å². The van der Waals surface area contributed by atoms with Gasteiger partial charge in [-0.2, -0.15) is 5.10 Å². The van der Waals surface area contributed by atoms with Crippen LogP contribution in [0.1, 0.15) is 44.7 Å². The van der Waals surface area contributed by atoms with E-state index >= 15 is 9.18 Å². The highest BCUT2D eigenvalue weighted by atomic mass is 32.2. The average Bonchev–Trinajstić information content (AvgIpc) is 3.47. The molecule has 1 aliphatic rings. The van der Waals surface area contributed by atoms with Crippen LogP contribution in [0.25, 0.3) is 10.4 Å². The molecule has 1 amide bonds. The van der Waals surface area contributed by atoms with Gasteiger partial charge in [0.25, 0.3) is 5.91 Å². The minimum atomic E-state index is -1.69. The summed E-state index contributed by atoms with van der Waals surface area (Å²) in [6, 6.07) is 30.5. The molecule has 0 spiro atoms. The van der Waals surface area contributed by atoms with Gasteiger partial charge < -0.3 is 9.47 Å². The van der Waals surface area contributed by atoms with Crippen molar-refractivity contribution in [3.05, 3.63) is 142 Å². The molecule has 0 bridgehead atoms. The second-order valence-electron chi connectivity index (χ2n) is 12.1. The number of benzene rings is 4. The van der Waals surface area contributed by atoms with E-state index in [1.54, 1.807) is 24.3 Å². The van der Waals surface area contributed by atoms with E-state index in [1.165, 1.54) is 5.01 Å². The van der Waals surface area contributed by atoms with Crippen LogP contribution in [0.3, 0.4) is 0 Å². The van der Waals surface area contributed by atoms with Crippen molar-refractivity contribution in [3.8, 4) is 11.5 Å². The maximum Gasteiger partial charge on any atom is 0.292 e. The third-order valence-corrected chi connectivity index (χ3v) is 9.43. The zero-order valence-corrected chi connectivity index (χ0v) is 27.2. The Hall–Kier alpha value is -4.86. The van der Waals surface area contributed by atoms with Gasteiger partial charge in [-0.15, -0.1) is 0 Å². The number of rotatable bonds is 12. The molecule has 2 atom stereocenters. The van der Waals surface area contributed by atoms with E-state index in [9.17, 15) is 4.39 Å². The maximum absolute atomic E-state index is 15.5. The first-order valence-corrected chi connectivity index (χ1v) is 16.0. The van der Waals surface area contributed by atoms with Crippen LogP contribution in [-0.2, 0) is 9.67 Å². The summed E-state index contributed by atoms with van der Waals surface area (Å²) < 4.78 is 42.8. The van der Waals surface area contributed by atoms with E-state index in [4.69, 9.17) is 20.1 Å². The predicted molar refractivity (Wildman–Crippen MR) is 180 cm³/mol. The van der Waals surface area contributed by atoms with E-state index in [1.807, 2.05) is 87.5 Å². The molecule has 0 unspecified atom stereocenters. The number of hydrogen-bond donors (Lipinski definition) is 0. The van der Waals surface area contributed by atoms with Crippen LogP contribution in [0.5, 0.6) is 11.5 Å². The van der Waals surface area contributed by atoms with Gasteiger partial charge in [-0.25, -0.2) is 13.8 Å². The Morgan fingerprint density at radius 3 is 2.17 bits per heavy atom. The summed E-state index contributed by atoms with van der Waals surface area (Å²) in [5.74, 6) is -0.893. The molecule has 4 aromatic carbocycles. The maximum atomic E-state index is 15.5. The molecule has 0 aromatic heterocycles. The van der Waals surface area contributed by atoms with Gasteiger partial charge in [-0.05, 0) is 66.4 Å². The number of ether oxygens (including phenoxy) is 2. The molecule has 0 radical (unpaired) electrons. The second-order valence-corrected chi connectivity index (χ2v) is 13.3. The largest absolute Gasteiger partial charge is 0.489 e. The number of halogens is 2. The van der Waals surface area contributed by atoms with Crippen molar-refractivity contribution >= 4 is 22.7 Å². The van der Waals surface area contributed by atoms with Gasteiger partial charge in [0.05, 0.1) is 0 Å². The summed E-state index contributed by atoms with van der Waals surface area (Å²) in [4.78, 5) is 17.1. The van der Waals surface area contributed by atoms with E-state index in [0.717, 1.165) is 30.0 Å². The molecular formula is C36H35F2N5O3S. The minimum Gasteiger partial charge on any atom is -0.489 e. The van der Waals surface area contributed by atoms with Crippen molar-refractivity contribution in [2.45, 2.75) is 44.1 Å². The third kappa shape index (κ3) is 7.11. The molecule has 242 valence electrons. The first-order chi connectivity index (χ1) is 22.6. The van der Waals surface area contributed by atoms with Crippen LogP contribution in [0.4, 0.5) is 8.78 Å². The lowest BCUT2D eigenvalue weighted by Crippen LogP contribution is -2.64. The molecule has 8 nitrogen and oxygen atoms in total. The summed E-state index contributed by atoms with van der Waals surface area (Å²) >= 11 is 1.15. The highest BCUT2D eigenvalue weighted by molar-refractivity contribution is 8.15. The Morgan fingerprint density at radius 2 is 1.55 bits per heavy atom. The summed E-state index contributed by atoms with van der Waals surface area (Å²) in [5.41, 5.74) is 7.01. The summed E-state index contributed by atoms with van der Waals surface area (Å²) in [7, 11) is 0. The van der Waals surface area contributed by atoms with Crippen molar-refractivity contribution in [2.24, 2.45) is 15.6 Å². The van der Waals surface area contributed by atoms with Gasteiger partial charge in [-0.3, -0.25) is 4.79 Å². The third-order valence-electron chi connectivity index (χ3n) is 7.99. The van der Waals surface area contributed by atoms with Gasteiger partial charge in [0, 0.05) is 22.4 Å². The minimum absolute atomic E-state index is 0.0773. The Morgan fingerprint density at radius 1 is 0.936 bits per heavy atom. The van der Waals surface area contributed by atoms with Crippen molar-refractivity contribution in [1.82, 2.24) is 5.01 Å². The molecule has 1 heterocycles. The number of azide groups is 1. The topological polar surface area (TPSA) is 99.9 Å². The molecule has 0 N–H and O–H groups in total. The van der Waals surface area contributed by atoms with E-state index in [0.29, 0.717) is 23.5 Å². The normalized spacial score (nSPS) is 17.3. The van der Waals surface area contributed by atoms with Crippen molar-refractivity contribution in [3.63, 3.8) is 0 Å². The summed E-state index contributed by atoms with van der Waals surface area (Å²) in [6.45, 7) is 5.61. The van der Waals surface area contributed by atoms with Gasteiger partial charge in [-0.1, -0.05) is 104 Å². The highest BCUT2D eigenvalue weighted by Gasteiger charge is 2.60. The van der Waals surface area contributed by atoms with E-state index in [2.05, 4.69) is 10.0 Å². The second kappa shape index (κ2) is 14.3. The Bertz CT molecular complexity index is 1770. The van der Waals surface area contributed by atoms with Crippen LogP contribution in [0.2, 0.25) is 0 Å². The number of carbonyl (C=O) groups is 1. The lowest BCUT2D eigenvalue weighted by atomic mass is 9.75. The number of hydrogen-bond acceptors (Lipinski definition) is 6. The number of para-hydroxylation sites is 2. The lowest BCUT2D eigenvalue weighted by molar-refractivity contribution is -0.167. The molecule has 0 saturated heterocycles. The molecule has 47 heavy (non-hydrogen) atoms. The van der Waals surface area contributed by atoms with Crippen molar-refractivity contribution in [1.29, 1.82) is 0 Å². The van der Waals surface area contributed by atoms with Gasteiger partial charge in [0.15, 0.2) is 0 Å². The van der Waals surface area contributed by atoms with Gasteiger partial charge in [0.1, 0.15) is 39.7 Å². The fourth-order valence-corrected chi connectivity index (χ4v) is 6.80. The Labute approximate surface area is 277 Å². The number of amides is 1. The molecule has 5 rings (SSSR count). The van der Waals surface area contributed by atoms with Crippen molar-refractivity contribution < 1.29 is 23.0 Å². The number of carbonyl (C=O) groups excluding carboxylic acids is 1. The standard InChI is InChI=1S/C36H35F2N5O3S/c1-34(2,3)35(46-29-18-11-6-12-19-29,25-45-28-16-9-5-10-17-28)33(44)43-36(22-13-23-40-42-39,26-14-7-4-8-15-26)47-32(41-43)30-24-27(37)20-21-31(30)38/h4-12,14-21,24H,13,22-23,25H2,1-3H3/t35-,36-/m0/s1. The fourth-order valence-electron chi connectivity index (χ4n) is 5.38. The Balaban J connectivity index is 1.72. The number of thioether (sulfide) groups is 1. The summed E-state index contributed by atoms with van der Waals surface area (Å²) in [6.07, 6.45) is 0.633. The van der Waals surface area contributed by atoms with Crippen LogP contribution in [-0.4, -0.2) is 34.7 Å². The zero-order chi connectivity index (χ0) is 33.5. The monoisotopic (exact) mass is 655 g/mol. The zero-order valence-electron chi connectivity index (χ0n) is 26.3. The van der Waals surface area contributed by atoms with Gasteiger partial charge in [0.2, 0.25) is 5.60 Å². The lowest BCUT2D eigenvalue weighted by Gasteiger charge is -2.46. The van der Waals surface area contributed by atoms with Crippen molar-refractivity contribution in [2.75, 3.05) is 13.2 Å². The Kier molecular flexibility index (Phi) is 10.2. The van der Waals surface area contributed by atoms with Crippen LogP contribution < -0.4 is 9.47 Å². The molecule has 4 aromatic rings. The quantitative estimate of drug-likeness (QED) is 0.0658. The van der Waals surface area contributed by atoms with E-state index in [-0.39, 0.29) is 30.2 Å². The highest BCUT2D eigenvalue weighted by Crippen LogP contribution is 2.53. The average molecular weight is 656 g/mol. The number of hydrazone groups is 1. The molecule has 0 aliphatic carbocycles. The molecule has 1 aliphatic heterocycles. The molecule has 0 saturated carbocycles. The van der Waals surface area contributed by atoms with Crippen LogP contribution >= 0.6 is 11.8 Å². The predicted octanol–water partition coefficient (Wildman–Crippen LogP) is 9.09. The fraction of sp³-hybridized carbons (Fsp3) is 0.278. The summed E-state index contributed by atoms with van der Waals surface area (Å²) in [5, 5.41) is 9.95. The van der Waals surface area contributed by atoms with E-state index < -0.39 is 33.4 Å². The van der Waals surface area contributed by atoms with Crippen LogP contribution in [0, 0.1) is 17.0 Å². The first-order valence-electron chi connectivity index (χ1n) is 15.2. The molecular weight excluding hydrogens is 620 g/mol. The molecule has 0 fully saturated rings. The first kappa shape index (κ1) is 33.5. The smallest absolute Gasteiger partial charge is 0.292 e. The molecule has 11 heteroatoms. The van der Waals surface area contributed by atoms with Crippen LogP contribution in [0.15, 0.2) is 119 Å².